The maximum Gasteiger partial charge on any atom is 0.134 e. The molecule has 2 aromatic rings. The molecule has 0 bridgehead atoms. The average Bonchev–Trinajstić information content (AvgIpc) is 3.03. The maximum absolute atomic E-state index is 5.44. The van der Waals surface area contributed by atoms with Crippen LogP contribution in [0, 0.1) is 6.92 Å². The second kappa shape index (κ2) is 7.03. The third-order valence-corrected chi connectivity index (χ3v) is 4.75. The van der Waals surface area contributed by atoms with Crippen LogP contribution in [-0.2, 0) is 6.42 Å². The summed E-state index contributed by atoms with van der Waals surface area (Å²) in [6.45, 7) is 5.24. The molecule has 104 valence electrons. The van der Waals surface area contributed by atoms with Crippen molar-refractivity contribution >= 4 is 22.7 Å². The molecule has 0 amide bonds. The van der Waals surface area contributed by atoms with Gasteiger partial charge in [-0.05, 0) is 31.3 Å². The Kier molecular flexibility index (Phi) is 5.36. The van der Waals surface area contributed by atoms with Crippen molar-refractivity contribution < 1.29 is 4.74 Å². The number of ether oxygens (including phenoxy) is 1. The van der Waals surface area contributed by atoms with E-state index in [-0.39, 0.29) is 6.04 Å². The molecule has 0 aliphatic heterocycles. The summed E-state index contributed by atoms with van der Waals surface area (Å²) in [7, 11) is 1.73. The lowest BCUT2D eigenvalue weighted by Gasteiger charge is -2.17. The lowest BCUT2D eigenvalue weighted by molar-refractivity contribution is 0.402. The van der Waals surface area contributed by atoms with E-state index in [0.29, 0.717) is 0 Å². The molecule has 0 spiro atoms. The molecule has 1 N–H and O–H groups in total. The lowest BCUT2D eigenvalue weighted by atomic mass is 10.1. The number of hydrogen-bond donors (Lipinski definition) is 1. The van der Waals surface area contributed by atoms with Gasteiger partial charge in [-0.2, -0.15) is 0 Å². The van der Waals surface area contributed by atoms with Gasteiger partial charge in [0.05, 0.1) is 28.7 Å². The Balaban J connectivity index is 2.15. The predicted molar refractivity (Wildman–Crippen MR) is 82.5 cm³/mol. The van der Waals surface area contributed by atoms with Crippen LogP contribution in [0.25, 0.3) is 0 Å². The summed E-state index contributed by atoms with van der Waals surface area (Å²) in [6, 6.07) is 2.32. The molecule has 0 aliphatic carbocycles. The summed E-state index contributed by atoms with van der Waals surface area (Å²) in [4.78, 5) is 5.83. The highest BCUT2D eigenvalue weighted by Gasteiger charge is 2.18. The van der Waals surface area contributed by atoms with E-state index >= 15 is 0 Å². The zero-order chi connectivity index (χ0) is 13.7. The molecule has 5 heteroatoms. The first-order chi connectivity index (χ1) is 9.24. The average molecular weight is 296 g/mol. The summed E-state index contributed by atoms with van der Waals surface area (Å²) >= 11 is 3.46. The van der Waals surface area contributed by atoms with E-state index in [1.54, 1.807) is 29.8 Å². The monoisotopic (exact) mass is 296 g/mol. The maximum atomic E-state index is 5.44. The molecular formula is C14H20N2OS2. The van der Waals surface area contributed by atoms with Gasteiger partial charge in [0.1, 0.15) is 5.75 Å². The van der Waals surface area contributed by atoms with Crippen molar-refractivity contribution in [3.8, 4) is 5.75 Å². The highest BCUT2D eigenvalue weighted by Crippen LogP contribution is 2.32. The number of aryl methyl sites for hydroxylation is 1. The van der Waals surface area contributed by atoms with E-state index in [1.807, 2.05) is 13.0 Å². The van der Waals surface area contributed by atoms with Gasteiger partial charge in [0.15, 0.2) is 0 Å². The summed E-state index contributed by atoms with van der Waals surface area (Å²) in [5, 5.41) is 8.96. The molecule has 0 fully saturated rings. The number of rotatable bonds is 7. The Labute approximate surface area is 122 Å². The van der Waals surface area contributed by atoms with Gasteiger partial charge in [-0.1, -0.05) is 6.92 Å². The molecule has 1 unspecified atom stereocenters. The topological polar surface area (TPSA) is 34.2 Å². The van der Waals surface area contributed by atoms with Crippen LogP contribution in [-0.4, -0.2) is 18.6 Å². The van der Waals surface area contributed by atoms with Crippen LogP contribution in [0.2, 0.25) is 0 Å². The highest BCUT2D eigenvalue weighted by atomic mass is 32.1. The van der Waals surface area contributed by atoms with Gasteiger partial charge in [-0.15, -0.1) is 22.7 Å². The Morgan fingerprint density at radius 2 is 2.26 bits per heavy atom. The molecule has 0 radical (unpaired) electrons. The SMILES string of the molecule is CCCNC(Cc1csc(C)n1)c1sccc1OC. The number of methoxy groups -OCH3 is 1. The smallest absolute Gasteiger partial charge is 0.134 e. The summed E-state index contributed by atoms with van der Waals surface area (Å²) in [5.41, 5.74) is 1.16. The Hall–Kier alpha value is -0.910. The standard InChI is InChI=1S/C14H20N2OS2/c1-4-6-15-12(8-11-9-19-10(2)16-11)14-13(17-3)5-7-18-14/h5,7,9,12,15H,4,6,8H2,1-3H3. The van der Waals surface area contributed by atoms with Gasteiger partial charge < -0.3 is 10.1 Å². The molecular weight excluding hydrogens is 276 g/mol. The second-order valence-corrected chi connectivity index (χ2v) is 6.43. The van der Waals surface area contributed by atoms with Gasteiger partial charge in [-0.25, -0.2) is 4.98 Å². The fraction of sp³-hybridized carbons (Fsp3) is 0.500. The predicted octanol–water partition coefficient (Wildman–Crippen LogP) is 3.81. The van der Waals surface area contributed by atoms with Crippen molar-refractivity contribution in [1.82, 2.24) is 10.3 Å². The molecule has 3 nitrogen and oxygen atoms in total. The highest BCUT2D eigenvalue weighted by molar-refractivity contribution is 7.10. The van der Waals surface area contributed by atoms with Gasteiger partial charge in [0.2, 0.25) is 0 Å². The third-order valence-electron chi connectivity index (χ3n) is 2.91. The molecule has 2 aromatic heterocycles. The third kappa shape index (κ3) is 3.78. The van der Waals surface area contributed by atoms with Crippen LogP contribution in [0.1, 0.15) is 35.0 Å². The fourth-order valence-electron chi connectivity index (χ4n) is 2.02. The lowest BCUT2D eigenvalue weighted by Crippen LogP contribution is -2.23. The fourth-order valence-corrected chi connectivity index (χ4v) is 3.58. The van der Waals surface area contributed by atoms with E-state index < -0.39 is 0 Å². The number of thiophene rings is 1. The van der Waals surface area contributed by atoms with Gasteiger partial charge >= 0.3 is 0 Å². The quantitative estimate of drug-likeness (QED) is 0.843. The van der Waals surface area contributed by atoms with Crippen LogP contribution in [0.15, 0.2) is 16.8 Å². The first kappa shape index (κ1) is 14.5. The van der Waals surface area contributed by atoms with E-state index in [4.69, 9.17) is 4.74 Å². The largest absolute Gasteiger partial charge is 0.496 e. The summed E-state index contributed by atoms with van der Waals surface area (Å²) < 4.78 is 5.44. The minimum Gasteiger partial charge on any atom is -0.496 e. The summed E-state index contributed by atoms with van der Waals surface area (Å²) in [5.74, 6) is 0.977. The van der Waals surface area contributed by atoms with Crippen LogP contribution < -0.4 is 10.1 Å². The van der Waals surface area contributed by atoms with E-state index in [1.165, 1.54) is 4.88 Å². The van der Waals surface area contributed by atoms with Crippen molar-refractivity contribution in [3.05, 3.63) is 32.4 Å². The minimum absolute atomic E-state index is 0.288. The van der Waals surface area contributed by atoms with Crippen molar-refractivity contribution in [3.63, 3.8) is 0 Å². The van der Waals surface area contributed by atoms with Gasteiger partial charge in [0, 0.05) is 11.8 Å². The van der Waals surface area contributed by atoms with E-state index in [2.05, 4.69) is 28.0 Å². The van der Waals surface area contributed by atoms with Crippen molar-refractivity contribution in [2.24, 2.45) is 0 Å². The number of nitrogens with one attached hydrogen (secondary N) is 1. The van der Waals surface area contributed by atoms with Gasteiger partial charge in [0.25, 0.3) is 0 Å². The first-order valence-corrected chi connectivity index (χ1v) is 8.26. The number of aromatic nitrogens is 1. The van der Waals surface area contributed by atoms with E-state index in [0.717, 1.165) is 35.8 Å². The zero-order valence-corrected chi connectivity index (χ0v) is 13.2. The second-order valence-electron chi connectivity index (χ2n) is 4.42. The van der Waals surface area contributed by atoms with Crippen LogP contribution in [0.5, 0.6) is 5.75 Å². The van der Waals surface area contributed by atoms with Crippen molar-refractivity contribution in [2.75, 3.05) is 13.7 Å². The van der Waals surface area contributed by atoms with E-state index in [9.17, 15) is 0 Å². The Morgan fingerprint density at radius 3 is 2.89 bits per heavy atom. The Morgan fingerprint density at radius 1 is 1.42 bits per heavy atom. The van der Waals surface area contributed by atoms with Crippen LogP contribution in [0.3, 0.4) is 0 Å². The molecule has 2 heterocycles. The van der Waals surface area contributed by atoms with Crippen molar-refractivity contribution in [2.45, 2.75) is 32.7 Å². The Bertz CT molecular complexity index is 507. The molecule has 0 saturated heterocycles. The van der Waals surface area contributed by atoms with Gasteiger partial charge in [-0.3, -0.25) is 0 Å². The molecule has 0 saturated carbocycles. The van der Waals surface area contributed by atoms with Crippen LogP contribution in [0.4, 0.5) is 0 Å². The first-order valence-electron chi connectivity index (χ1n) is 6.50. The molecule has 19 heavy (non-hydrogen) atoms. The molecule has 0 aromatic carbocycles. The number of thiazole rings is 1. The number of hydrogen-bond acceptors (Lipinski definition) is 5. The molecule has 1 atom stereocenters. The summed E-state index contributed by atoms with van der Waals surface area (Å²) in [6.07, 6.45) is 2.04. The number of nitrogens with zero attached hydrogens (tertiary/aromatic N) is 1. The zero-order valence-electron chi connectivity index (χ0n) is 11.6. The van der Waals surface area contributed by atoms with Crippen molar-refractivity contribution in [1.29, 1.82) is 0 Å². The molecule has 2 rings (SSSR count). The molecule has 0 aliphatic rings. The normalized spacial score (nSPS) is 12.6. The van der Waals surface area contributed by atoms with Crippen LogP contribution >= 0.6 is 22.7 Å². The minimum atomic E-state index is 0.288.